The number of ether oxygens (including phenoxy) is 1. The van der Waals surface area contributed by atoms with Gasteiger partial charge in [-0.3, -0.25) is 10.1 Å². The molecule has 1 aromatic rings. The Morgan fingerprint density at radius 3 is 2.39 bits per heavy atom. The summed E-state index contributed by atoms with van der Waals surface area (Å²) in [5.41, 5.74) is -0.477. The third-order valence-corrected chi connectivity index (χ3v) is 4.07. The zero-order valence-corrected chi connectivity index (χ0v) is 13.9. The first-order valence-electron chi connectivity index (χ1n) is 7.46. The van der Waals surface area contributed by atoms with E-state index in [1.54, 1.807) is 34.6 Å². The number of hydrogen-bond acceptors (Lipinski definition) is 3. The van der Waals surface area contributed by atoms with Gasteiger partial charge in [-0.25, -0.2) is 9.18 Å². The molecule has 0 saturated heterocycles. The van der Waals surface area contributed by atoms with E-state index in [9.17, 15) is 19.1 Å². The molecule has 2 atom stereocenters. The molecule has 1 aromatic carbocycles. The van der Waals surface area contributed by atoms with Crippen LogP contribution in [0.4, 0.5) is 14.9 Å². The molecule has 0 aliphatic heterocycles. The smallest absolute Gasteiger partial charge is 0.412 e. The van der Waals surface area contributed by atoms with Gasteiger partial charge in [-0.05, 0) is 49.9 Å². The predicted octanol–water partition coefficient (Wildman–Crippen LogP) is 4.00. The van der Waals surface area contributed by atoms with E-state index < -0.39 is 40.7 Å². The maximum Gasteiger partial charge on any atom is 0.412 e. The van der Waals surface area contributed by atoms with Crippen LogP contribution >= 0.6 is 0 Å². The van der Waals surface area contributed by atoms with Crippen molar-refractivity contribution in [1.82, 2.24) is 0 Å². The van der Waals surface area contributed by atoms with Crippen LogP contribution in [0.3, 0.4) is 0 Å². The molecule has 0 aromatic heterocycles. The first-order valence-corrected chi connectivity index (χ1v) is 7.46. The Morgan fingerprint density at radius 2 is 1.91 bits per heavy atom. The summed E-state index contributed by atoms with van der Waals surface area (Å²) in [6, 6.07) is 4.14. The molecule has 0 heterocycles. The lowest BCUT2D eigenvalue weighted by Crippen LogP contribution is -2.27. The van der Waals surface area contributed by atoms with E-state index in [1.807, 2.05) is 0 Å². The molecule has 2 N–H and O–H groups in total. The molecule has 23 heavy (non-hydrogen) atoms. The minimum absolute atomic E-state index is 0.302. The van der Waals surface area contributed by atoms with Crippen molar-refractivity contribution in [1.29, 1.82) is 0 Å². The second-order valence-electron chi connectivity index (χ2n) is 7.48. The van der Waals surface area contributed by atoms with Crippen molar-refractivity contribution in [3.05, 3.63) is 29.6 Å². The SMILES string of the molecule is CC(C)(C)OC(=O)Nc1ccc(F)c([C@@H]2[C@@H](C(=O)O)C2(C)C)c1. The molecule has 0 unspecified atom stereocenters. The highest BCUT2D eigenvalue weighted by atomic mass is 19.1. The number of rotatable bonds is 3. The molecule has 1 saturated carbocycles. The van der Waals surface area contributed by atoms with Gasteiger partial charge in [0.1, 0.15) is 11.4 Å². The first-order chi connectivity index (χ1) is 10.4. The second-order valence-corrected chi connectivity index (χ2v) is 7.48. The molecule has 1 aliphatic carbocycles. The Bertz CT molecular complexity index is 648. The standard InChI is InChI=1S/C17H22FNO4/c1-16(2,3)23-15(22)19-9-6-7-11(18)10(8-9)12-13(14(20)21)17(12,4)5/h6-8,12-13H,1-5H3,(H,19,22)(H,20,21)/t12-,13+/m1/s1. The Hall–Kier alpha value is -2.11. The number of nitrogens with one attached hydrogen (secondary N) is 1. The van der Waals surface area contributed by atoms with Gasteiger partial charge in [-0.15, -0.1) is 0 Å². The molecule has 0 radical (unpaired) electrons. The lowest BCUT2D eigenvalue weighted by Gasteiger charge is -2.20. The fourth-order valence-electron chi connectivity index (χ4n) is 2.96. The summed E-state index contributed by atoms with van der Waals surface area (Å²) in [6.45, 7) is 8.82. The summed E-state index contributed by atoms with van der Waals surface area (Å²) in [7, 11) is 0. The van der Waals surface area contributed by atoms with E-state index in [-0.39, 0.29) is 0 Å². The monoisotopic (exact) mass is 323 g/mol. The van der Waals surface area contributed by atoms with Crippen molar-refractivity contribution in [3.63, 3.8) is 0 Å². The molecule has 5 nitrogen and oxygen atoms in total. The Morgan fingerprint density at radius 1 is 1.30 bits per heavy atom. The van der Waals surface area contributed by atoms with Crippen LogP contribution in [0.5, 0.6) is 0 Å². The third-order valence-electron chi connectivity index (χ3n) is 4.07. The van der Waals surface area contributed by atoms with Crippen LogP contribution in [0.2, 0.25) is 0 Å². The van der Waals surface area contributed by atoms with Crippen LogP contribution in [-0.4, -0.2) is 22.8 Å². The van der Waals surface area contributed by atoms with E-state index in [0.29, 0.717) is 11.3 Å². The summed E-state index contributed by atoms with van der Waals surface area (Å²) in [5.74, 6) is -2.46. The summed E-state index contributed by atoms with van der Waals surface area (Å²) < 4.78 is 19.3. The minimum Gasteiger partial charge on any atom is -0.481 e. The van der Waals surface area contributed by atoms with Crippen molar-refractivity contribution in [2.75, 3.05) is 5.32 Å². The lowest BCUT2D eigenvalue weighted by molar-refractivity contribution is -0.139. The number of halogens is 1. The summed E-state index contributed by atoms with van der Waals surface area (Å²) in [5, 5.41) is 11.8. The maximum atomic E-state index is 14.1. The van der Waals surface area contributed by atoms with Crippen LogP contribution in [0.1, 0.15) is 46.1 Å². The quantitative estimate of drug-likeness (QED) is 0.881. The molecule has 126 valence electrons. The molecule has 1 amide bonds. The summed E-state index contributed by atoms with van der Waals surface area (Å²) in [4.78, 5) is 23.1. The molecular weight excluding hydrogens is 301 g/mol. The van der Waals surface area contributed by atoms with Crippen LogP contribution in [0.25, 0.3) is 0 Å². The number of carboxylic acids is 1. The summed E-state index contributed by atoms with van der Waals surface area (Å²) in [6.07, 6.45) is -0.639. The van der Waals surface area contributed by atoms with E-state index in [0.717, 1.165) is 0 Å². The molecule has 0 spiro atoms. The normalized spacial score (nSPS) is 22.3. The molecule has 0 bridgehead atoms. The molecule has 2 rings (SSSR count). The van der Waals surface area contributed by atoms with Crippen LogP contribution in [0, 0.1) is 17.2 Å². The van der Waals surface area contributed by atoms with Crippen molar-refractivity contribution >= 4 is 17.7 Å². The largest absolute Gasteiger partial charge is 0.481 e. The van der Waals surface area contributed by atoms with Gasteiger partial charge in [0.05, 0.1) is 5.92 Å². The predicted molar refractivity (Wildman–Crippen MR) is 83.9 cm³/mol. The molecule has 6 heteroatoms. The molecular formula is C17H22FNO4. The topological polar surface area (TPSA) is 75.6 Å². The fraction of sp³-hybridized carbons (Fsp3) is 0.529. The number of hydrogen-bond donors (Lipinski definition) is 2. The summed E-state index contributed by atoms with van der Waals surface area (Å²) >= 11 is 0. The van der Waals surface area contributed by atoms with Crippen molar-refractivity contribution in [2.24, 2.45) is 11.3 Å². The van der Waals surface area contributed by atoms with Crippen LogP contribution < -0.4 is 5.32 Å². The maximum absolute atomic E-state index is 14.1. The van der Waals surface area contributed by atoms with Crippen molar-refractivity contribution < 1.29 is 23.8 Å². The number of amides is 1. The number of carbonyl (C=O) groups is 2. The van der Waals surface area contributed by atoms with Gasteiger partial charge in [-0.2, -0.15) is 0 Å². The van der Waals surface area contributed by atoms with E-state index in [2.05, 4.69) is 5.32 Å². The zero-order valence-electron chi connectivity index (χ0n) is 13.9. The Kier molecular flexibility index (Phi) is 4.13. The van der Waals surface area contributed by atoms with Gasteiger partial charge in [0.15, 0.2) is 0 Å². The second kappa shape index (κ2) is 5.51. The van der Waals surface area contributed by atoms with Gasteiger partial charge in [0.25, 0.3) is 0 Å². The number of carboxylic acid groups (broad SMARTS) is 1. The lowest BCUT2D eigenvalue weighted by atomic mass is 10.0. The highest BCUT2D eigenvalue weighted by Crippen LogP contribution is 2.64. The van der Waals surface area contributed by atoms with E-state index >= 15 is 0 Å². The highest BCUT2D eigenvalue weighted by Gasteiger charge is 2.63. The van der Waals surface area contributed by atoms with Gasteiger partial charge in [0.2, 0.25) is 0 Å². The number of carbonyl (C=O) groups excluding carboxylic acids is 1. The third kappa shape index (κ3) is 3.63. The van der Waals surface area contributed by atoms with Crippen molar-refractivity contribution in [2.45, 2.75) is 46.1 Å². The van der Waals surface area contributed by atoms with Crippen molar-refractivity contribution in [3.8, 4) is 0 Å². The average molecular weight is 323 g/mol. The fourth-order valence-corrected chi connectivity index (χ4v) is 2.96. The zero-order chi connectivity index (χ0) is 17.6. The minimum atomic E-state index is -0.940. The van der Waals surface area contributed by atoms with Crippen LogP contribution in [0.15, 0.2) is 18.2 Å². The molecule has 1 fully saturated rings. The average Bonchev–Trinajstić information content (AvgIpc) is 2.92. The van der Waals surface area contributed by atoms with Gasteiger partial charge < -0.3 is 9.84 Å². The number of anilines is 1. The Balaban J connectivity index is 2.21. The van der Waals surface area contributed by atoms with Crippen LogP contribution in [-0.2, 0) is 9.53 Å². The van der Waals surface area contributed by atoms with Gasteiger partial charge in [0, 0.05) is 11.6 Å². The van der Waals surface area contributed by atoms with Gasteiger partial charge >= 0.3 is 12.1 Å². The number of benzene rings is 1. The number of aliphatic carboxylic acids is 1. The molecule has 1 aliphatic rings. The highest BCUT2D eigenvalue weighted by molar-refractivity contribution is 5.85. The van der Waals surface area contributed by atoms with Gasteiger partial charge in [-0.1, -0.05) is 13.8 Å². The first kappa shape index (κ1) is 17.2. The Labute approximate surface area is 134 Å². The van der Waals surface area contributed by atoms with E-state index in [4.69, 9.17) is 4.74 Å². The van der Waals surface area contributed by atoms with E-state index in [1.165, 1.54) is 18.2 Å².